The van der Waals surface area contributed by atoms with Crippen molar-refractivity contribution in [1.82, 2.24) is 14.4 Å². The minimum Gasteiger partial charge on any atom is -0.497 e. The largest absolute Gasteiger partial charge is 0.497 e. The standard InChI is InChI=1S/C33H40FN3O5/c1-40-22-7-6-19-8-9-36(26(19)16-22)30-25(34)17-23-29-32(30)42-28-15-21-5-3-2-4-20(21)14-27(28)37(29)18-24(31(23)38)33(39)35-10-12-41-13-11-35/h6-9,16,18,20-21,23,25,27-30,32H,2-5,10-15,17H2,1H3. The van der Waals surface area contributed by atoms with E-state index in [2.05, 4.69) is 4.90 Å². The van der Waals surface area contributed by atoms with Crippen LogP contribution < -0.4 is 4.74 Å². The fraction of sp³-hybridized carbons (Fsp3) is 0.636. The number of carbonyl (C=O) groups is 2. The van der Waals surface area contributed by atoms with Crippen molar-refractivity contribution in [2.45, 2.75) is 81.5 Å². The van der Waals surface area contributed by atoms with Crippen molar-refractivity contribution < 1.29 is 28.2 Å². The number of benzene rings is 1. The molecule has 8 rings (SSSR count). The third-order valence-corrected chi connectivity index (χ3v) is 11.2. The third-order valence-electron chi connectivity index (χ3n) is 11.2. The van der Waals surface area contributed by atoms with Gasteiger partial charge in [0.1, 0.15) is 18.0 Å². The van der Waals surface area contributed by atoms with Crippen LogP contribution in [0.4, 0.5) is 4.39 Å². The maximum Gasteiger partial charge on any atom is 0.259 e. The highest BCUT2D eigenvalue weighted by Crippen LogP contribution is 2.52. The Morgan fingerprint density at radius 3 is 2.60 bits per heavy atom. The van der Waals surface area contributed by atoms with Crippen LogP contribution in [-0.2, 0) is 19.1 Å². The Labute approximate surface area is 245 Å². The Kier molecular flexibility index (Phi) is 6.59. The van der Waals surface area contributed by atoms with Gasteiger partial charge in [-0.25, -0.2) is 4.39 Å². The summed E-state index contributed by atoms with van der Waals surface area (Å²) in [5.74, 6) is 0.886. The van der Waals surface area contributed by atoms with Crippen molar-refractivity contribution in [3.8, 4) is 5.75 Å². The van der Waals surface area contributed by atoms with Crippen LogP contribution in [0.1, 0.15) is 51.0 Å². The number of fused-ring (bicyclic) bond motifs is 4. The van der Waals surface area contributed by atoms with Gasteiger partial charge in [0.2, 0.25) is 0 Å². The molecule has 9 atom stereocenters. The first-order valence-electron chi connectivity index (χ1n) is 15.9. The van der Waals surface area contributed by atoms with Crippen molar-refractivity contribution in [2.24, 2.45) is 17.8 Å². The molecule has 0 bridgehead atoms. The zero-order valence-electron chi connectivity index (χ0n) is 24.2. The number of halogens is 1. The average molecular weight is 578 g/mol. The van der Waals surface area contributed by atoms with Crippen LogP contribution in [0.5, 0.6) is 5.75 Å². The zero-order valence-corrected chi connectivity index (χ0v) is 24.2. The molecule has 3 saturated carbocycles. The van der Waals surface area contributed by atoms with Gasteiger partial charge in [-0.05, 0) is 54.7 Å². The molecule has 1 aromatic carbocycles. The molecule has 3 aliphatic carbocycles. The number of Topliss-reactive ketones (excluding diaryl/α,β-unsaturated/α-hetero) is 1. The molecule has 1 aromatic heterocycles. The number of alkyl halides is 1. The highest BCUT2D eigenvalue weighted by atomic mass is 19.1. The molecular formula is C33H40FN3O5. The molecule has 2 aromatic rings. The second kappa shape index (κ2) is 10.4. The van der Waals surface area contributed by atoms with E-state index in [1.165, 1.54) is 25.7 Å². The molecule has 4 heterocycles. The van der Waals surface area contributed by atoms with Crippen LogP contribution in [0.3, 0.4) is 0 Å². The predicted molar refractivity (Wildman–Crippen MR) is 154 cm³/mol. The van der Waals surface area contributed by atoms with Gasteiger partial charge in [-0.1, -0.05) is 25.7 Å². The van der Waals surface area contributed by atoms with Crippen LogP contribution in [0, 0.1) is 17.8 Å². The smallest absolute Gasteiger partial charge is 0.259 e. The molecule has 5 fully saturated rings. The Morgan fingerprint density at radius 2 is 1.81 bits per heavy atom. The minimum absolute atomic E-state index is 0.0559. The Bertz CT molecular complexity index is 1420. The SMILES string of the molecule is COc1ccc2ccn(C3C(F)CC4C(=O)C(C(=O)N5CCOCC5)=CN5C6CC7CCCCC7CC6OC3C45)c2c1. The maximum atomic E-state index is 16.6. The summed E-state index contributed by atoms with van der Waals surface area (Å²) in [6.07, 6.45) is 8.96. The van der Waals surface area contributed by atoms with Crippen LogP contribution >= 0.6 is 0 Å². The van der Waals surface area contributed by atoms with Gasteiger partial charge in [0.05, 0.1) is 55.6 Å². The molecule has 1 amide bonds. The minimum atomic E-state index is -1.30. The number of carbonyl (C=O) groups excluding carboxylic acids is 2. The van der Waals surface area contributed by atoms with E-state index < -0.39 is 24.2 Å². The quantitative estimate of drug-likeness (QED) is 0.508. The monoisotopic (exact) mass is 577 g/mol. The first-order chi connectivity index (χ1) is 20.5. The summed E-state index contributed by atoms with van der Waals surface area (Å²) >= 11 is 0. The molecular weight excluding hydrogens is 537 g/mol. The van der Waals surface area contributed by atoms with E-state index in [1.807, 2.05) is 41.2 Å². The lowest BCUT2D eigenvalue weighted by molar-refractivity contribution is -0.213. The predicted octanol–water partition coefficient (Wildman–Crippen LogP) is 4.28. The van der Waals surface area contributed by atoms with Gasteiger partial charge in [-0.3, -0.25) is 9.59 Å². The molecule has 9 unspecified atom stereocenters. The lowest BCUT2D eigenvalue weighted by atomic mass is 9.65. The van der Waals surface area contributed by atoms with Crippen molar-refractivity contribution in [2.75, 3.05) is 33.4 Å². The first kappa shape index (κ1) is 26.7. The normalized spacial score (nSPS) is 37.9. The number of amides is 1. The number of methoxy groups -OCH3 is 1. The molecule has 224 valence electrons. The van der Waals surface area contributed by atoms with Gasteiger partial charge in [0.25, 0.3) is 5.91 Å². The molecule has 6 aliphatic rings. The summed E-state index contributed by atoms with van der Waals surface area (Å²) in [6.45, 7) is 1.88. The van der Waals surface area contributed by atoms with E-state index in [-0.39, 0.29) is 41.9 Å². The van der Waals surface area contributed by atoms with Gasteiger partial charge >= 0.3 is 0 Å². The lowest BCUT2D eigenvalue weighted by Crippen LogP contribution is -2.70. The summed E-state index contributed by atoms with van der Waals surface area (Å²) in [5, 5.41) is 1.01. The van der Waals surface area contributed by atoms with E-state index in [1.54, 1.807) is 12.0 Å². The molecule has 0 N–H and O–H groups in total. The second-order valence-corrected chi connectivity index (χ2v) is 13.2. The molecule has 2 saturated heterocycles. The van der Waals surface area contributed by atoms with Crippen LogP contribution in [0.15, 0.2) is 42.2 Å². The Hall–Kier alpha value is -2.91. The van der Waals surface area contributed by atoms with Gasteiger partial charge in [-0.15, -0.1) is 0 Å². The van der Waals surface area contributed by atoms with E-state index in [0.29, 0.717) is 38.1 Å². The number of ketones is 1. The average Bonchev–Trinajstić information content (AvgIpc) is 3.44. The van der Waals surface area contributed by atoms with Crippen molar-refractivity contribution in [3.63, 3.8) is 0 Å². The molecule has 0 radical (unpaired) electrons. The van der Waals surface area contributed by atoms with Gasteiger partial charge in [-0.2, -0.15) is 0 Å². The summed E-state index contributed by atoms with van der Waals surface area (Å²) in [6, 6.07) is 7.08. The maximum absolute atomic E-state index is 16.6. The zero-order chi connectivity index (χ0) is 28.5. The number of aromatic nitrogens is 1. The summed E-state index contributed by atoms with van der Waals surface area (Å²) in [5.41, 5.74) is 1.11. The highest BCUT2D eigenvalue weighted by molar-refractivity contribution is 6.20. The van der Waals surface area contributed by atoms with Crippen molar-refractivity contribution in [3.05, 3.63) is 42.2 Å². The molecule has 9 heteroatoms. The number of morpholine rings is 2. The lowest BCUT2D eigenvalue weighted by Gasteiger charge is -2.61. The summed E-state index contributed by atoms with van der Waals surface area (Å²) in [7, 11) is 1.64. The third kappa shape index (κ3) is 4.13. The van der Waals surface area contributed by atoms with Crippen molar-refractivity contribution >= 4 is 22.6 Å². The summed E-state index contributed by atoms with van der Waals surface area (Å²) < 4.78 is 36.6. The van der Waals surface area contributed by atoms with Gasteiger partial charge < -0.3 is 28.6 Å². The van der Waals surface area contributed by atoms with E-state index in [4.69, 9.17) is 14.2 Å². The number of rotatable bonds is 3. The fourth-order valence-corrected chi connectivity index (χ4v) is 9.20. The first-order valence-corrected chi connectivity index (χ1v) is 15.9. The Balaban J connectivity index is 1.22. The topological polar surface area (TPSA) is 73.2 Å². The number of hydrogen-bond acceptors (Lipinski definition) is 6. The fourth-order valence-electron chi connectivity index (χ4n) is 9.20. The van der Waals surface area contributed by atoms with E-state index in [0.717, 1.165) is 29.5 Å². The second-order valence-electron chi connectivity index (χ2n) is 13.2. The summed E-state index contributed by atoms with van der Waals surface area (Å²) in [4.78, 5) is 31.9. The van der Waals surface area contributed by atoms with Gasteiger partial charge in [0.15, 0.2) is 5.78 Å². The van der Waals surface area contributed by atoms with Crippen molar-refractivity contribution in [1.29, 1.82) is 0 Å². The van der Waals surface area contributed by atoms with Crippen LogP contribution in [0.25, 0.3) is 10.9 Å². The number of ether oxygens (including phenoxy) is 3. The van der Waals surface area contributed by atoms with Gasteiger partial charge in [0, 0.05) is 37.5 Å². The van der Waals surface area contributed by atoms with E-state index >= 15 is 4.39 Å². The highest BCUT2D eigenvalue weighted by Gasteiger charge is 2.60. The van der Waals surface area contributed by atoms with Crippen LogP contribution in [0.2, 0.25) is 0 Å². The number of hydrogen-bond donors (Lipinski definition) is 0. The number of nitrogens with zero attached hydrogens (tertiary/aromatic N) is 3. The van der Waals surface area contributed by atoms with E-state index in [9.17, 15) is 9.59 Å². The van der Waals surface area contributed by atoms with Crippen LogP contribution in [-0.4, -0.2) is 89.9 Å². The molecule has 0 spiro atoms. The molecule has 8 nitrogen and oxygen atoms in total. The molecule has 42 heavy (non-hydrogen) atoms. The Morgan fingerprint density at radius 1 is 1.02 bits per heavy atom. The molecule has 3 aliphatic heterocycles.